The Morgan fingerprint density at radius 2 is 2.08 bits per heavy atom. The fourth-order valence-corrected chi connectivity index (χ4v) is 4.68. The Bertz CT molecular complexity index is 787. The van der Waals surface area contributed by atoms with Crippen molar-refractivity contribution >= 4 is 17.7 Å². The molecule has 1 unspecified atom stereocenters. The summed E-state index contributed by atoms with van der Waals surface area (Å²) in [5.41, 5.74) is 9.94. The molecule has 0 radical (unpaired) electrons. The highest BCUT2D eigenvalue weighted by atomic mass is 16.5. The second-order valence-electron chi connectivity index (χ2n) is 6.92. The van der Waals surface area contributed by atoms with Gasteiger partial charge in [0.15, 0.2) is 5.72 Å². The lowest BCUT2D eigenvalue weighted by molar-refractivity contribution is -0.126. The molecule has 0 saturated carbocycles. The van der Waals surface area contributed by atoms with E-state index in [1.165, 1.54) is 0 Å². The van der Waals surface area contributed by atoms with Crippen molar-refractivity contribution in [2.24, 2.45) is 17.4 Å². The number of ether oxygens (including phenoxy) is 1. The van der Waals surface area contributed by atoms with E-state index in [-0.39, 0.29) is 47.0 Å². The van der Waals surface area contributed by atoms with Crippen LogP contribution in [-0.4, -0.2) is 70.6 Å². The predicted octanol–water partition coefficient (Wildman–Crippen LogP) is -1.57. The number of nitrogens with zero attached hydrogens (tertiary/aromatic N) is 2. The normalized spacial score (nSPS) is 38.8. The number of hydrogen-bond donors (Lipinski definition) is 3. The van der Waals surface area contributed by atoms with E-state index in [1.54, 1.807) is 11.8 Å². The molecule has 0 aromatic rings. The van der Waals surface area contributed by atoms with E-state index in [0.717, 1.165) is 0 Å². The second kappa shape index (κ2) is 4.83. The van der Waals surface area contributed by atoms with Gasteiger partial charge in [0.1, 0.15) is 6.61 Å². The largest absolute Gasteiger partial charge is 0.449 e. The van der Waals surface area contributed by atoms with Crippen LogP contribution in [0.2, 0.25) is 0 Å². The van der Waals surface area contributed by atoms with Gasteiger partial charge in [-0.05, 0) is 13.5 Å². The minimum absolute atomic E-state index is 0.0892. The number of amides is 1. The van der Waals surface area contributed by atoms with Crippen LogP contribution in [0.25, 0.3) is 0 Å². The summed E-state index contributed by atoms with van der Waals surface area (Å²) in [5, 5.41) is 11.4. The third kappa shape index (κ3) is 1.77. The third-order valence-electron chi connectivity index (χ3n) is 5.91. The summed E-state index contributed by atoms with van der Waals surface area (Å²) in [6.07, 6.45) is -0.676. The fourth-order valence-electron chi connectivity index (χ4n) is 4.68. The van der Waals surface area contributed by atoms with Gasteiger partial charge in [0.2, 0.25) is 11.6 Å². The van der Waals surface area contributed by atoms with E-state index in [2.05, 4.69) is 0 Å². The molecule has 3 aliphatic heterocycles. The molecule has 1 amide bonds. The van der Waals surface area contributed by atoms with Gasteiger partial charge in [0.25, 0.3) is 0 Å². The van der Waals surface area contributed by atoms with E-state index in [1.807, 2.05) is 11.9 Å². The molecule has 0 bridgehead atoms. The quantitative estimate of drug-likeness (QED) is 0.410. The molecule has 9 heteroatoms. The van der Waals surface area contributed by atoms with Crippen LogP contribution in [0, 0.1) is 5.92 Å². The van der Waals surface area contributed by atoms with Crippen molar-refractivity contribution in [3.8, 4) is 0 Å². The first-order valence-corrected chi connectivity index (χ1v) is 8.21. The fraction of sp³-hybridized carbons (Fsp3) is 0.562. The standard InChI is InChI=1S/C16H20N4O5/c1-3-6-10(17)13(22)9-7(5-25-15(18)23)16(24)14-8(19(14)2)4-20(16)11(9)12(6)21/h7-8,14,24H,3-5,17H2,1-2H3,(H2,18,23)/t7-,8-,14-,16+,19?/m0/s1. The highest BCUT2D eigenvalue weighted by molar-refractivity contribution is 6.25. The number of piperazine rings is 1. The predicted molar refractivity (Wildman–Crippen MR) is 84.6 cm³/mol. The molecule has 0 aromatic heterocycles. The SMILES string of the molecule is CCC1=C(N)C(=O)C2=C(C1=O)N1C[C@H]3[C@H](N3C)[C@]1(O)[C@H]2COC(N)=O. The minimum atomic E-state index is -1.49. The number of likely N-dealkylation sites (N-methyl/N-ethyl adjacent to an activating group) is 1. The smallest absolute Gasteiger partial charge is 0.404 e. The van der Waals surface area contributed by atoms with Gasteiger partial charge in [-0.3, -0.25) is 14.5 Å². The van der Waals surface area contributed by atoms with Gasteiger partial charge in [-0.15, -0.1) is 0 Å². The van der Waals surface area contributed by atoms with Gasteiger partial charge < -0.3 is 26.2 Å². The molecular formula is C16H20N4O5. The number of carbonyl (C=O) groups excluding carboxylic acids is 3. The summed E-state index contributed by atoms with van der Waals surface area (Å²) in [6, 6.07) is -0.155. The Balaban J connectivity index is 1.82. The monoisotopic (exact) mass is 348 g/mol. The molecule has 0 spiro atoms. The highest BCUT2D eigenvalue weighted by Crippen LogP contribution is 2.57. The Kier molecular flexibility index (Phi) is 3.11. The van der Waals surface area contributed by atoms with Crippen molar-refractivity contribution in [2.75, 3.05) is 20.2 Å². The lowest BCUT2D eigenvalue weighted by atomic mass is 9.82. The van der Waals surface area contributed by atoms with Gasteiger partial charge >= 0.3 is 6.09 Å². The number of Topliss-reactive ketones (excluding diaryl/α,β-unsaturated/α-hetero) is 2. The van der Waals surface area contributed by atoms with Crippen LogP contribution in [-0.2, 0) is 14.3 Å². The molecule has 9 nitrogen and oxygen atoms in total. The van der Waals surface area contributed by atoms with Gasteiger partial charge in [0, 0.05) is 23.7 Å². The maximum absolute atomic E-state index is 12.9. The molecule has 2 saturated heterocycles. The van der Waals surface area contributed by atoms with E-state index in [9.17, 15) is 19.5 Å². The first-order chi connectivity index (χ1) is 11.7. The number of rotatable bonds is 3. The maximum atomic E-state index is 12.9. The minimum Gasteiger partial charge on any atom is -0.449 e. The molecular weight excluding hydrogens is 328 g/mol. The molecule has 25 heavy (non-hydrogen) atoms. The van der Waals surface area contributed by atoms with Crippen molar-refractivity contribution in [3.05, 3.63) is 22.5 Å². The highest BCUT2D eigenvalue weighted by Gasteiger charge is 2.74. The van der Waals surface area contributed by atoms with Crippen molar-refractivity contribution < 1.29 is 24.2 Å². The number of ketones is 2. The number of hydrogen-bond acceptors (Lipinski definition) is 8. The topological polar surface area (TPSA) is 139 Å². The van der Waals surface area contributed by atoms with Gasteiger partial charge in [-0.25, -0.2) is 4.79 Å². The van der Waals surface area contributed by atoms with E-state index in [0.29, 0.717) is 13.0 Å². The van der Waals surface area contributed by atoms with Crippen molar-refractivity contribution in [2.45, 2.75) is 31.2 Å². The summed E-state index contributed by atoms with van der Waals surface area (Å²) in [6.45, 7) is 1.90. The van der Waals surface area contributed by atoms with Crippen LogP contribution in [0.1, 0.15) is 13.3 Å². The maximum Gasteiger partial charge on any atom is 0.404 e. The van der Waals surface area contributed by atoms with Crippen LogP contribution < -0.4 is 11.5 Å². The van der Waals surface area contributed by atoms with Crippen LogP contribution in [0.4, 0.5) is 4.79 Å². The molecule has 3 heterocycles. The lowest BCUT2D eigenvalue weighted by Crippen LogP contribution is -2.53. The number of aliphatic hydroxyl groups is 1. The zero-order valence-corrected chi connectivity index (χ0v) is 14.0. The number of allylic oxidation sites excluding steroid dienone is 2. The average Bonchev–Trinajstić information content (AvgIpc) is 2.96. The number of carbonyl (C=O) groups is 3. The second-order valence-corrected chi connectivity index (χ2v) is 6.92. The molecule has 5 N–H and O–H groups in total. The molecule has 0 aromatic carbocycles. The van der Waals surface area contributed by atoms with Crippen molar-refractivity contribution in [1.82, 2.24) is 9.80 Å². The summed E-state index contributed by atoms with van der Waals surface area (Å²) in [4.78, 5) is 40.4. The number of fused-ring (bicyclic) bond motifs is 4. The number of nitrogens with two attached hydrogens (primary N) is 2. The lowest BCUT2D eigenvalue weighted by Gasteiger charge is -2.37. The van der Waals surface area contributed by atoms with Crippen molar-refractivity contribution in [1.29, 1.82) is 0 Å². The van der Waals surface area contributed by atoms with Crippen LogP contribution in [0.15, 0.2) is 22.5 Å². The molecule has 2 fully saturated rings. The van der Waals surface area contributed by atoms with Crippen LogP contribution in [0.3, 0.4) is 0 Å². The van der Waals surface area contributed by atoms with E-state index >= 15 is 0 Å². The van der Waals surface area contributed by atoms with Gasteiger partial charge in [-0.2, -0.15) is 0 Å². The third-order valence-corrected chi connectivity index (χ3v) is 5.91. The molecule has 134 valence electrons. The van der Waals surface area contributed by atoms with E-state index < -0.39 is 23.5 Å². The first kappa shape index (κ1) is 16.1. The summed E-state index contributed by atoms with van der Waals surface area (Å²) < 4.78 is 4.90. The van der Waals surface area contributed by atoms with E-state index in [4.69, 9.17) is 16.2 Å². The van der Waals surface area contributed by atoms with Crippen molar-refractivity contribution in [3.63, 3.8) is 0 Å². The zero-order valence-electron chi connectivity index (χ0n) is 14.0. The number of primary amides is 1. The first-order valence-electron chi connectivity index (χ1n) is 8.21. The molecule has 5 atom stereocenters. The molecule has 4 aliphatic rings. The van der Waals surface area contributed by atoms with Crippen LogP contribution >= 0.6 is 0 Å². The van der Waals surface area contributed by atoms with Crippen LogP contribution in [0.5, 0.6) is 0 Å². The Hall–Kier alpha value is -2.39. The van der Waals surface area contributed by atoms with Gasteiger partial charge in [0.05, 0.1) is 23.4 Å². The Labute approximate surface area is 143 Å². The Morgan fingerprint density at radius 1 is 1.40 bits per heavy atom. The summed E-state index contributed by atoms with van der Waals surface area (Å²) in [5.74, 6) is -1.69. The zero-order chi connectivity index (χ0) is 18.3. The molecule has 4 rings (SSSR count). The molecule has 1 aliphatic carbocycles. The average molecular weight is 348 g/mol. The summed E-state index contributed by atoms with van der Waals surface area (Å²) in [7, 11) is 1.86. The van der Waals surface area contributed by atoms with Gasteiger partial charge in [-0.1, -0.05) is 6.92 Å². The summed E-state index contributed by atoms with van der Waals surface area (Å²) >= 11 is 0. The Morgan fingerprint density at radius 3 is 2.68 bits per heavy atom.